The number of fused-ring (bicyclic) bond motifs is 1. The van der Waals surface area contributed by atoms with Crippen molar-refractivity contribution in [2.75, 3.05) is 24.5 Å². The van der Waals surface area contributed by atoms with Crippen LogP contribution in [-0.4, -0.2) is 29.1 Å². The monoisotopic (exact) mass is 351 g/mol. The SMILES string of the molecule is COc1ccc(CNc2nncc(Nc3ccc4c(c3)OCO4)n2)cc1. The first-order chi connectivity index (χ1) is 12.8. The zero-order valence-electron chi connectivity index (χ0n) is 14.1. The molecule has 132 valence electrons. The first-order valence-corrected chi connectivity index (χ1v) is 8.03. The number of hydrogen-bond acceptors (Lipinski definition) is 8. The van der Waals surface area contributed by atoms with Crippen LogP contribution in [0.4, 0.5) is 17.5 Å². The highest BCUT2D eigenvalue weighted by Crippen LogP contribution is 2.34. The van der Waals surface area contributed by atoms with E-state index in [0.717, 1.165) is 22.7 Å². The van der Waals surface area contributed by atoms with Gasteiger partial charge in [0.1, 0.15) is 5.75 Å². The molecule has 2 N–H and O–H groups in total. The van der Waals surface area contributed by atoms with Crippen LogP contribution in [0.3, 0.4) is 0 Å². The van der Waals surface area contributed by atoms with Gasteiger partial charge in [0.2, 0.25) is 12.7 Å². The van der Waals surface area contributed by atoms with Gasteiger partial charge < -0.3 is 24.8 Å². The minimum atomic E-state index is 0.243. The van der Waals surface area contributed by atoms with Crippen LogP contribution in [0.2, 0.25) is 0 Å². The van der Waals surface area contributed by atoms with E-state index in [-0.39, 0.29) is 6.79 Å². The Balaban J connectivity index is 1.41. The third kappa shape index (κ3) is 3.59. The van der Waals surface area contributed by atoms with Crippen molar-refractivity contribution in [1.82, 2.24) is 15.2 Å². The summed E-state index contributed by atoms with van der Waals surface area (Å²) in [6.45, 7) is 0.826. The fraction of sp³-hybridized carbons (Fsp3) is 0.167. The Kier molecular flexibility index (Phi) is 4.38. The van der Waals surface area contributed by atoms with Gasteiger partial charge in [-0.1, -0.05) is 12.1 Å². The fourth-order valence-electron chi connectivity index (χ4n) is 2.49. The predicted octanol–water partition coefficient (Wildman–Crippen LogP) is 2.96. The lowest BCUT2D eigenvalue weighted by molar-refractivity contribution is 0.174. The van der Waals surface area contributed by atoms with Crippen LogP contribution in [-0.2, 0) is 6.54 Å². The maximum atomic E-state index is 5.37. The zero-order valence-corrected chi connectivity index (χ0v) is 14.1. The van der Waals surface area contributed by atoms with Crippen molar-refractivity contribution < 1.29 is 14.2 Å². The lowest BCUT2D eigenvalue weighted by atomic mass is 10.2. The first kappa shape index (κ1) is 15.9. The number of anilines is 3. The summed E-state index contributed by atoms with van der Waals surface area (Å²) in [5, 5.41) is 14.3. The Bertz CT molecular complexity index is 902. The van der Waals surface area contributed by atoms with Gasteiger partial charge in [-0.3, -0.25) is 0 Å². The van der Waals surface area contributed by atoms with Gasteiger partial charge in [-0.05, 0) is 29.8 Å². The molecule has 8 heteroatoms. The van der Waals surface area contributed by atoms with Gasteiger partial charge in [-0.2, -0.15) is 10.1 Å². The number of hydrogen-bond donors (Lipinski definition) is 2. The van der Waals surface area contributed by atoms with Crippen LogP contribution in [0.25, 0.3) is 0 Å². The number of ether oxygens (including phenoxy) is 3. The number of aromatic nitrogens is 3. The molecule has 0 saturated carbocycles. The van der Waals surface area contributed by atoms with Crippen LogP contribution in [0.5, 0.6) is 17.2 Å². The molecule has 2 aromatic carbocycles. The second-order valence-corrected chi connectivity index (χ2v) is 5.56. The van der Waals surface area contributed by atoms with E-state index in [1.54, 1.807) is 13.3 Å². The summed E-state index contributed by atoms with van der Waals surface area (Å²) in [5.41, 5.74) is 1.92. The van der Waals surface area contributed by atoms with Gasteiger partial charge in [-0.25, -0.2) is 0 Å². The molecular formula is C18H17N5O3. The van der Waals surface area contributed by atoms with E-state index in [1.807, 2.05) is 42.5 Å². The molecule has 0 unspecified atom stereocenters. The van der Waals surface area contributed by atoms with Crippen LogP contribution in [0.1, 0.15) is 5.56 Å². The lowest BCUT2D eigenvalue weighted by Gasteiger charge is -2.08. The van der Waals surface area contributed by atoms with Crippen LogP contribution >= 0.6 is 0 Å². The topological polar surface area (TPSA) is 90.4 Å². The van der Waals surface area contributed by atoms with Crippen molar-refractivity contribution in [1.29, 1.82) is 0 Å². The Labute approximate surface area is 150 Å². The van der Waals surface area contributed by atoms with Crippen molar-refractivity contribution in [3.63, 3.8) is 0 Å². The Morgan fingerprint density at radius 2 is 1.92 bits per heavy atom. The van der Waals surface area contributed by atoms with Crippen LogP contribution in [0.15, 0.2) is 48.7 Å². The van der Waals surface area contributed by atoms with Gasteiger partial charge in [-0.15, -0.1) is 5.10 Å². The first-order valence-electron chi connectivity index (χ1n) is 8.03. The molecule has 0 amide bonds. The number of nitrogens with zero attached hydrogens (tertiary/aromatic N) is 3. The number of rotatable bonds is 6. The largest absolute Gasteiger partial charge is 0.497 e. The van der Waals surface area contributed by atoms with E-state index < -0.39 is 0 Å². The standard InChI is InChI=1S/C18H17N5O3/c1-24-14-5-2-12(3-6-14)9-19-18-22-17(10-20-23-18)21-13-4-7-15-16(8-13)26-11-25-15/h2-8,10H,9,11H2,1H3,(H2,19,21,22,23). The molecular weight excluding hydrogens is 334 g/mol. The summed E-state index contributed by atoms with van der Waals surface area (Å²) in [6, 6.07) is 13.4. The Hall–Kier alpha value is -3.55. The molecule has 0 spiro atoms. The molecule has 0 saturated heterocycles. The molecule has 3 aromatic rings. The van der Waals surface area contributed by atoms with Crippen molar-refractivity contribution >= 4 is 17.5 Å². The summed E-state index contributed by atoms with van der Waals surface area (Å²) in [5.74, 6) is 3.28. The van der Waals surface area contributed by atoms with Gasteiger partial charge >= 0.3 is 0 Å². The van der Waals surface area contributed by atoms with Crippen molar-refractivity contribution in [3.05, 3.63) is 54.2 Å². The average molecular weight is 351 g/mol. The highest BCUT2D eigenvalue weighted by atomic mass is 16.7. The molecule has 26 heavy (non-hydrogen) atoms. The van der Waals surface area contributed by atoms with E-state index in [9.17, 15) is 0 Å². The van der Waals surface area contributed by atoms with Gasteiger partial charge in [0, 0.05) is 18.3 Å². The summed E-state index contributed by atoms with van der Waals surface area (Å²) in [6.07, 6.45) is 1.56. The van der Waals surface area contributed by atoms with Crippen molar-refractivity contribution in [2.45, 2.75) is 6.54 Å². The van der Waals surface area contributed by atoms with Crippen LogP contribution in [0, 0.1) is 0 Å². The summed E-state index contributed by atoms with van der Waals surface area (Å²) >= 11 is 0. The molecule has 0 atom stereocenters. The molecule has 1 aliphatic heterocycles. The number of nitrogens with one attached hydrogen (secondary N) is 2. The van der Waals surface area contributed by atoms with E-state index in [1.165, 1.54) is 0 Å². The second kappa shape index (κ2) is 7.14. The molecule has 1 aliphatic rings. The molecule has 4 rings (SSSR count). The van der Waals surface area contributed by atoms with E-state index in [0.29, 0.717) is 24.1 Å². The third-order valence-electron chi connectivity index (χ3n) is 3.81. The average Bonchev–Trinajstić information content (AvgIpc) is 3.15. The highest BCUT2D eigenvalue weighted by molar-refractivity contribution is 5.61. The third-order valence-corrected chi connectivity index (χ3v) is 3.81. The van der Waals surface area contributed by atoms with E-state index >= 15 is 0 Å². The quantitative estimate of drug-likeness (QED) is 0.700. The molecule has 0 radical (unpaired) electrons. The normalized spacial score (nSPS) is 11.9. The Morgan fingerprint density at radius 1 is 1.08 bits per heavy atom. The van der Waals surface area contributed by atoms with E-state index in [2.05, 4.69) is 25.8 Å². The summed E-state index contributed by atoms with van der Waals surface area (Å²) in [7, 11) is 1.64. The van der Waals surface area contributed by atoms with Crippen molar-refractivity contribution in [3.8, 4) is 17.2 Å². The smallest absolute Gasteiger partial charge is 0.244 e. The van der Waals surface area contributed by atoms with E-state index in [4.69, 9.17) is 14.2 Å². The van der Waals surface area contributed by atoms with Crippen LogP contribution < -0.4 is 24.8 Å². The summed E-state index contributed by atoms with van der Waals surface area (Å²) < 4.78 is 15.8. The Morgan fingerprint density at radius 3 is 2.77 bits per heavy atom. The lowest BCUT2D eigenvalue weighted by Crippen LogP contribution is -2.06. The summed E-state index contributed by atoms with van der Waals surface area (Å²) in [4.78, 5) is 4.42. The number of benzene rings is 2. The highest BCUT2D eigenvalue weighted by Gasteiger charge is 2.13. The second-order valence-electron chi connectivity index (χ2n) is 5.56. The zero-order chi connectivity index (χ0) is 17.8. The van der Waals surface area contributed by atoms with Gasteiger partial charge in [0.15, 0.2) is 17.3 Å². The van der Waals surface area contributed by atoms with Crippen molar-refractivity contribution in [2.24, 2.45) is 0 Å². The van der Waals surface area contributed by atoms with Gasteiger partial charge in [0.25, 0.3) is 0 Å². The number of methoxy groups -OCH3 is 1. The maximum Gasteiger partial charge on any atom is 0.244 e. The molecule has 0 bridgehead atoms. The molecule has 0 aliphatic carbocycles. The minimum absolute atomic E-state index is 0.243. The molecule has 1 aromatic heterocycles. The molecule has 8 nitrogen and oxygen atoms in total. The fourth-order valence-corrected chi connectivity index (χ4v) is 2.49. The molecule has 2 heterocycles. The predicted molar refractivity (Wildman–Crippen MR) is 96.0 cm³/mol. The minimum Gasteiger partial charge on any atom is -0.497 e. The van der Waals surface area contributed by atoms with Gasteiger partial charge in [0.05, 0.1) is 13.3 Å². The molecule has 0 fully saturated rings. The maximum absolute atomic E-state index is 5.37.